The van der Waals surface area contributed by atoms with Crippen LogP contribution in [-0.4, -0.2) is 81.8 Å². The number of aldehydes is 1. The van der Waals surface area contributed by atoms with Crippen molar-refractivity contribution in [2.75, 3.05) is 45.8 Å². The maximum Gasteiger partial charge on any atom is 0.319 e. The minimum Gasteiger partial charge on any atom is -0.468 e. The number of rotatable bonds is 12. The standard InChI is InChI=1S/C12H21N3O4S.C4H9NO2/c1-3-10(17)15-9(4-7-20-2)12(19)14-8-11(18)13-5-6-16;1-5-3-4(6)7-2/h6,9H,3-5,7-8H2,1-2H3,(H,13,18)(H,14,19)(H,15,17);5H,3H2,1-2H3. The third-order valence-electron chi connectivity index (χ3n) is 2.94. The van der Waals surface area contributed by atoms with Gasteiger partial charge in [0.1, 0.15) is 12.3 Å². The Morgan fingerprint density at radius 1 is 1.11 bits per heavy atom. The molecule has 10 nitrogen and oxygen atoms in total. The fourth-order valence-corrected chi connectivity index (χ4v) is 2.00. The SMILES string of the molecule is CCC(=O)NC(CCSC)C(=O)NCC(=O)NCC=O.CNCC(=O)OC. The van der Waals surface area contributed by atoms with E-state index < -0.39 is 17.9 Å². The Bertz CT molecular complexity index is 476. The van der Waals surface area contributed by atoms with E-state index in [0.29, 0.717) is 19.1 Å². The summed E-state index contributed by atoms with van der Waals surface area (Å²) in [6.07, 6.45) is 3.25. The van der Waals surface area contributed by atoms with Gasteiger partial charge < -0.3 is 30.8 Å². The molecule has 11 heteroatoms. The van der Waals surface area contributed by atoms with Gasteiger partial charge in [0.05, 0.1) is 26.7 Å². The average molecular weight is 407 g/mol. The number of thioether (sulfide) groups is 1. The Balaban J connectivity index is 0. The van der Waals surface area contributed by atoms with Crippen molar-refractivity contribution in [3.8, 4) is 0 Å². The zero-order chi connectivity index (χ0) is 21.1. The van der Waals surface area contributed by atoms with Crippen LogP contribution in [0.5, 0.6) is 0 Å². The van der Waals surface area contributed by atoms with Gasteiger partial charge in [-0.2, -0.15) is 11.8 Å². The smallest absolute Gasteiger partial charge is 0.319 e. The number of likely N-dealkylation sites (N-methyl/N-ethyl adjacent to an activating group) is 1. The summed E-state index contributed by atoms with van der Waals surface area (Å²) in [5.41, 5.74) is 0. The second-order valence-electron chi connectivity index (χ2n) is 5.05. The molecule has 4 N–H and O–H groups in total. The molecular formula is C16H30N4O6S. The molecule has 0 aromatic rings. The largest absolute Gasteiger partial charge is 0.468 e. The van der Waals surface area contributed by atoms with Gasteiger partial charge in [-0.25, -0.2) is 0 Å². The minimum atomic E-state index is -0.645. The molecule has 0 aromatic carbocycles. The van der Waals surface area contributed by atoms with E-state index in [4.69, 9.17) is 0 Å². The van der Waals surface area contributed by atoms with Crippen LogP contribution in [0.4, 0.5) is 0 Å². The first kappa shape index (κ1) is 27.1. The molecule has 0 heterocycles. The van der Waals surface area contributed by atoms with E-state index in [1.165, 1.54) is 7.11 Å². The molecule has 0 fully saturated rings. The molecule has 0 aliphatic rings. The second-order valence-corrected chi connectivity index (χ2v) is 6.04. The highest BCUT2D eigenvalue weighted by Crippen LogP contribution is 2.01. The number of hydrogen-bond donors (Lipinski definition) is 4. The minimum absolute atomic E-state index is 0.0861. The van der Waals surface area contributed by atoms with Gasteiger partial charge in [-0.3, -0.25) is 19.2 Å². The highest BCUT2D eigenvalue weighted by atomic mass is 32.2. The summed E-state index contributed by atoms with van der Waals surface area (Å²) in [5, 5.41) is 10.0. The van der Waals surface area contributed by atoms with Crippen LogP contribution in [0.25, 0.3) is 0 Å². The van der Waals surface area contributed by atoms with Crippen LogP contribution >= 0.6 is 11.8 Å². The molecule has 0 aromatic heterocycles. The topological polar surface area (TPSA) is 143 Å². The van der Waals surface area contributed by atoms with Gasteiger partial charge in [0.2, 0.25) is 17.7 Å². The van der Waals surface area contributed by atoms with Gasteiger partial charge in [0, 0.05) is 6.42 Å². The van der Waals surface area contributed by atoms with Crippen LogP contribution in [-0.2, 0) is 28.7 Å². The fraction of sp³-hybridized carbons (Fsp3) is 0.688. The van der Waals surface area contributed by atoms with E-state index in [1.54, 1.807) is 25.7 Å². The van der Waals surface area contributed by atoms with Crippen molar-refractivity contribution in [2.45, 2.75) is 25.8 Å². The third kappa shape index (κ3) is 17.0. The normalized spacial score (nSPS) is 10.5. The van der Waals surface area contributed by atoms with E-state index in [1.807, 2.05) is 6.26 Å². The summed E-state index contributed by atoms with van der Waals surface area (Å²) < 4.78 is 4.29. The molecule has 0 spiro atoms. The number of ether oxygens (including phenoxy) is 1. The number of carbonyl (C=O) groups excluding carboxylic acids is 5. The molecule has 156 valence electrons. The molecule has 27 heavy (non-hydrogen) atoms. The first-order chi connectivity index (χ1) is 12.9. The number of hydrogen-bond acceptors (Lipinski definition) is 8. The number of esters is 1. The first-order valence-electron chi connectivity index (χ1n) is 8.33. The predicted molar refractivity (Wildman–Crippen MR) is 103 cm³/mol. The van der Waals surface area contributed by atoms with Gasteiger partial charge in [-0.05, 0) is 25.5 Å². The van der Waals surface area contributed by atoms with Crippen LogP contribution in [0.3, 0.4) is 0 Å². The van der Waals surface area contributed by atoms with E-state index in [-0.39, 0.29) is 31.5 Å². The summed E-state index contributed by atoms with van der Waals surface area (Å²) in [6, 6.07) is -0.645. The molecule has 0 aliphatic carbocycles. The van der Waals surface area contributed by atoms with Crippen molar-refractivity contribution in [3.63, 3.8) is 0 Å². The van der Waals surface area contributed by atoms with Gasteiger partial charge >= 0.3 is 5.97 Å². The monoisotopic (exact) mass is 406 g/mol. The summed E-state index contributed by atoms with van der Waals surface area (Å²) >= 11 is 1.57. The van der Waals surface area contributed by atoms with Gasteiger partial charge in [0.15, 0.2) is 0 Å². The number of carbonyl (C=O) groups is 5. The van der Waals surface area contributed by atoms with Crippen molar-refractivity contribution in [3.05, 3.63) is 0 Å². The van der Waals surface area contributed by atoms with Crippen molar-refractivity contribution in [2.24, 2.45) is 0 Å². The zero-order valence-corrected chi connectivity index (χ0v) is 17.1. The van der Waals surface area contributed by atoms with Crippen LogP contribution < -0.4 is 21.3 Å². The zero-order valence-electron chi connectivity index (χ0n) is 16.3. The van der Waals surface area contributed by atoms with E-state index in [9.17, 15) is 24.0 Å². The Labute approximate surface area is 163 Å². The number of nitrogens with one attached hydrogen (secondary N) is 4. The third-order valence-corrected chi connectivity index (χ3v) is 3.58. The predicted octanol–water partition coefficient (Wildman–Crippen LogP) is -1.56. The first-order valence-corrected chi connectivity index (χ1v) is 9.73. The molecule has 0 bridgehead atoms. The Morgan fingerprint density at radius 3 is 2.22 bits per heavy atom. The second kappa shape index (κ2) is 18.6. The lowest BCUT2D eigenvalue weighted by Gasteiger charge is -2.17. The number of amides is 3. The van der Waals surface area contributed by atoms with Gasteiger partial charge in [-0.1, -0.05) is 6.92 Å². The van der Waals surface area contributed by atoms with E-state index in [2.05, 4.69) is 26.0 Å². The molecule has 1 atom stereocenters. The lowest BCUT2D eigenvalue weighted by Crippen LogP contribution is -2.49. The molecule has 0 saturated heterocycles. The highest BCUT2D eigenvalue weighted by Gasteiger charge is 2.20. The maximum atomic E-state index is 11.9. The molecule has 1 unspecified atom stereocenters. The van der Waals surface area contributed by atoms with Crippen molar-refractivity contribution >= 4 is 41.7 Å². The van der Waals surface area contributed by atoms with Crippen LogP contribution in [0.2, 0.25) is 0 Å². The van der Waals surface area contributed by atoms with Crippen molar-refractivity contribution in [1.82, 2.24) is 21.3 Å². The van der Waals surface area contributed by atoms with Gasteiger partial charge in [-0.15, -0.1) is 0 Å². The Kier molecular flexibility index (Phi) is 18.7. The van der Waals surface area contributed by atoms with Crippen molar-refractivity contribution < 1.29 is 28.7 Å². The van der Waals surface area contributed by atoms with Crippen LogP contribution in [0.1, 0.15) is 19.8 Å². The molecular weight excluding hydrogens is 376 g/mol. The lowest BCUT2D eigenvalue weighted by molar-refractivity contribution is -0.139. The molecule has 3 amide bonds. The maximum absolute atomic E-state index is 11.9. The average Bonchev–Trinajstić information content (AvgIpc) is 2.67. The lowest BCUT2D eigenvalue weighted by atomic mass is 10.2. The Morgan fingerprint density at radius 2 is 1.78 bits per heavy atom. The molecule has 0 rings (SSSR count). The van der Waals surface area contributed by atoms with Crippen LogP contribution in [0.15, 0.2) is 0 Å². The summed E-state index contributed by atoms with van der Waals surface area (Å²) in [5.74, 6) is -0.573. The van der Waals surface area contributed by atoms with Crippen LogP contribution in [0, 0.1) is 0 Å². The fourth-order valence-electron chi connectivity index (χ4n) is 1.53. The summed E-state index contributed by atoms with van der Waals surface area (Å²) in [4.78, 5) is 54.7. The van der Waals surface area contributed by atoms with Gasteiger partial charge in [0.25, 0.3) is 0 Å². The summed E-state index contributed by atoms with van der Waals surface area (Å²) in [6.45, 7) is 1.68. The van der Waals surface area contributed by atoms with Crippen molar-refractivity contribution in [1.29, 1.82) is 0 Å². The highest BCUT2D eigenvalue weighted by molar-refractivity contribution is 7.98. The summed E-state index contributed by atoms with van der Waals surface area (Å²) in [7, 11) is 3.05. The van der Waals surface area contributed by atoms with E-state index in [0.717, 1.165) is 5.75 Å². The molecule has 0 radical (unpaired) electrons. The Hall–Kier alpha value is -2.14. The van der Waals surface area contributed by atoms with E-state index >= 15 is 0 Å². The molecule has 0 saturated carbocycles. The molecule has 0 aliphatic heterocycles. The number of methoxy groups -OCH3 is 1. The quantitative estimate of drug-likeness (QED) is 0.225.